The summed E-state index contributed by atoms with van der Waals surface area (Å²) in [6.07, 6.45) is 17.1. The van der Waals surface area contributed by atoms with Crippen molar-refractivity contribution < 1.29 is 0 Å². The van der Waals surface area contributed by atoms with Crippen LogP contribution in [0.15, 0.2) is 4.99 Å². The first kappa shape index (κ1) is 15.7. The van der Waals surface area contributed by atoms with E-state index in [0.29, 0.717) is 0 Å². The average Bonchev–Trinajstić information content (AvgIpc) is 2.31. The van der Waals surface area contributed by atoms with Gasteiger partial charge in [0.25, 0.3) is 0 Å². The molecule has 96 valence electrons. The molecule has 0 aliphatic rings. The van der Waals surface area contributed by atoms with Crippen LogP contribution in [-0.2, 0) is 0 Å². The molecule has 0 spiro atoms. The van der Waals surface area contributed by atoms with Crippen LogP contribution in [0.25, 0.3) is 0 Å². The summed E-state index contributed by atoms with van der Waals surface area (Å²) in [5.74, 6) is 0. The number of hydrogen-bond acceptors (Lipinski definition) is 1. The van der Waals surface area contributed by atoms with Gasteiger partial charge in [-0.3, -0.25) is 4.99 Å². The van der Waals surface area contributed by atoms with Crippen molar-refractivity contribution in [1.29, 1.82) is 0 Å². The third kappa shape index (κ3) is 13.7. The van der Waals surface area contributed by atoms with E-state index in [1.54, 1.807) is 0 Å². The maximum Gasteiger partial charge on any atom is 0.0385 e. The van der Waals surface area contributed by atoms with E-state index in [0.717, 1.165) is 6.54 Å². The summed E-state index contributed by atoms with van der Waals surface area (Å²) < 4.78 is 0. The third-order valence-electron chi connectivity index (χ3n) is 2.96. The number of rotatable bonds is 12. The lowest BCUT2D eigenvalue weighted by Gasteiger charge is -1.99. The largest absolute Gasteiger partial charge is 0.298 e. The van der Waals surface area contributed by atoms with E-state index < -0.39 is 0 Å². The fraction of sp³-hybridized carbons (Fsp3) is 0.933. The lowest BCUT2D eigenvalue weighted by atomic mass is 10.1. The standard InChI is InChI=1S/C15H31N/c1-3-5-7-8-9-10-11-12-13-15-16-14-6-4-2/h15H,3-14H2,1-2H3. The van der Waals surface area contributed by atoms with E-state index in [-0.39, 0.29) is 0 Å². The second kappa shape index (κ2) is 14.7. The lowest BCUT2D eigenvalue weighted by molar-refractivity contribution is 0.580. The molecule has 1 heteroatoms. The Hall–Kier alpha value is -0.330. The van der Waals surface area contributed by atoms with E-state index >= 15 is 0 Å². The van der Waals surface area contributed by atoms with Crippen LogP contribution in [0.2, 0.25) is 0 Å². The van der Waals surface area contributed by atoms with E-state index in [1.807, 2.05) is 0 Å². The topological polar surface area (TPSA) is 12.4 Å². The summed E-state index contributed by atoms with van der Waals surface area (Å²) in [5.41, 5.74) is 0. The predicted molar refractivity (Wildman–Crippen MR) is 75.5 cm³/mol. The second-order valence-electron chi connectivity index (χ2n) is 4.71. The first-order valence-corrected chi connectivity index (χ1v) is 7.40. The molecule has 0 rings (SSSR count). The molecule has 0 saturated carbocycles. The molecule has 1 nitrogen and oxygen atoms in total. The van der Waals surface area contributed by atoms with Crippen molar-refractivity contribution >= 4 is 6.21 Å². The van der Waals surface area contributed by atoms with Crippen LogP contribution < -0.4 is 0 Å². The summed E-state index contributed by atoms with van der Waals surface area (Å²) in [6, 6.07) is 0. The van der Waals surface area contributed by atoms with E-state index in [9.17, 15) is 0 Å². The van der Waals surface area contributed by atoms with Gasteiger partial charge in [0.2, 0.25) is 0 Å². The number of nitrogens with zero attached hydrogens (tertiary/aromatic N) is 1. The highest BCUT2D eigenvalue weighted by atomic mass is 14.7. The molecule has 0 aliphatic carbocycles. The van der Waals surface area contributed by atoms with Gasteiger partial charge in [-0.1, -0.05) is 65.2 Å². The zero-order valence-electron chi connectivity index (χ0n) is 11.5. The molecule has 0 radical (unpaired) electrons. The monoisotopic (exact) mass is 225 g/mol. The maximum absolute atomic E-state index is 4.39. The van der Waals surface area contributed by atoms with Crippen LogP contribution in [0.5, 0.6) is 0 Å². The van der Waals surface area contributed by atoms with Crippen LogP contribution in [0.1, 0.15) is 84.5 Å². The zero-order valence-corrected chi connectivity index (χ0v) is 11.5. The van der Waals surface area contributed by atoms with Gasteiger partial charge in [0.15, 0.2) is 0 Å². The van der Waals surface area contributed by atoms with Crippen molar-refractivity contribution in [2.75, 3.05) is 6.54 Å². The van der Waals surface area contributed by atoms with Gasteiger partial charge in [0, 0.05) is 6.54 Å². The summed E-state index contributed by atoms with van der Waals surface area (Å²) in [6.45, 7) is 5.53. The van der Waals surface area contributed by atoms with Crippen molar-refractivity contribution in [1.82, 2.24) is 0 Å². The molecule has 0 fully saturated rings. The highest BCUT2D eigenvalue weighted by molar-refractivity contribution is 5.56. The molecule has 0 aromatic carbocycles. The normalized spacial score (nSPS) is 11.4. The lowest BCUT2D eigenvalue weighted by Crippen LogP contribution is -1.84. The Morgan fingerprint density at radius 1 is 0.688 bits per heavy atom. The molecule has 16 heavy (non-hydrogen) atoms. The van der Waals surface area contributed by atoms with Crippen molar-refractivity contribution in [2.45, 2.75) is 84.5 Å². The van der Waals surface area contributed by atoms with Gasteiger partial charge in [-0.25, -0.2) is 0 Å². The second-order valence-corrected chi connectivity index (χ2v) is 4.71. The van der Waals surface area contributed by atoms with Gasteiger partial charge in [-0.15, -0.1) is 0 Å². The quantitative estimate of drug-likeness (QED) is 0.312. The van der Waals surface area contributed by atoms with Gasteiger partial charge in [0.1, 0.15) is 0 Å². The summed E-state index contributed by atoms with van der Waals surface area (Å²) in [5, 5.41) is 0. The van der Waals surface area contributed by atoms with Crippen LogP contribution in [0, 0.1) is 0 Å². The Labute approximate surface area is 103 Å². The van der Waals surface area contributed by atoms with Gasteiger partial charge >= 0.3 is 0 Å². The van der Waals surface area contributed by atoms with E-state index in [1.165, 1.54) is 70.6 Å². The minimum Gasteiger partial charge on any atom is -0.298 e. The molecule has 0 aromatic rings. The number of unbranched alkanes of at least 4 members (excludes halogenated alkanes) is 9. The highest BCUT2D eigenvalue weighted by Gasteiger charge is 1.90. The van der Waals surface area contributed by atoms with Crippen molar-refractivity contribution in [2.24, 2.45) is 4.99 Å². The third-order valence-corrected chi connectivity index (χ3v) is 2.96. The van der Waals surface area contributed by atoms with Crippen LogP contribution in [-0.4, -0.2) is 12.8 Å². The molecule has 0 N–H and O–H groups in total. The summed E-state index contributed by atoms with van der Waals surface area (Å²) in [7, 11) is 0. The number of aliphatic imine (C=N–C) groups is 1. The molecule has 0 bridgehead atoms. The molecule has 0 saturated heterocycles. The minimum atomic E-state index is 1.04. The van der Waals surface area contributed by atoms with Gasteiger partial charge in [0.05, 0.1) is 0 Å². The SMILES string of the molecule is CCCCCCCCCCC=NCCCC. The molecular weight excluding hydrogens is 194 g/mol. The molecule has 0 aromatic heterocycles. The highest BCUT2D eigenvalue weighted by Crippen LogP contribution is 2.08. The van der Waals surface area contributed by atoms with E-state index in [4.69, 9.17) is 0 Å². The Kier molecular flexibility index (Phi) is 14.4. The average molecular weight is 225 g/mol. The van der Waals surface area contributed by atoms with Gasteiger partial charge in [-0.05, 0) is 25.5 Å². The molecule has 0 amide bonds. The summed E-state index contributed by atoms with van der Waals surface area (Å²) in [4.78, 5) is 4.39. The fourth-order valence-electron chi connectivity index (χ4n) is 1.80. The Morgan fingerprint density at radius 3 is 1.88 bits per heavy atom. The summed E-state index contributed by atoms with van der Waals surface area (Å²) >= 11 is 0. The molecule has 0 unspecified atom stereocenters. The fourth-order valence-corrected chi connectivity index (χ4v) is 1.80. The predicted octanol–water partition coefficient (Wildman–Crippen LogP) is 5.39. The molecule has 0 atom stereocenters. The maximum atomic E-state index is 4.39. The number of hydrogen-bond donors (Lipinski definition) is 0. The van der Waals surface area contributed by atoms with Crippen LogP contribution in [0.4, 0.5) is 0 Å². The molecule has 0 heterocycles. The first-order chi connectivity index (χ1) is 7.91. The van der Waals surface area contributed by atoms with E-state index in [2.05, 4.69) is 25.1 Å². The van der Waals surface area contributed by atoms with Crippen molar-refractivity contribution in [3.05, 3.63) is 0 Å². The molecular formula is C15H31N. The van der Waals surface area contributed by atoms with Crippen molar-refractivity contribution in [3.63, 3.8) is 0 Å². The molecule has 0 aliphatic heterocycles. The van der Waals surface area contributed by atoms with Gasteiger partial charge in [-0.2, -0.15) is 0 Å². The van der Waals surface area contributed by atoms with Crippen LogP contribution in [0.3, 0.4) is 0 Å². The smallest absolute Gasteiger partial charge is 0.0385 e. The Morgan fingerprint density at radius 2 is 1.25 bits per heavy atom. The minimum absolute atomic E-state index is 1.04. The van der Waals surface area contributed by atoms with Gasteiger partial charge < -0.3 is 0 Å². The van der Waals surface area contributed by atoms with Crippen molar-refractivity contribution in [3.8, 4) is 0 Å². The zero-order chi connectivity index (χ0) is 11.9. The Balaban J connectivity index is 2.95. The van der Waals surface area contributed by atoms with Crippen LogP contribution >= 0.6 is 0 Å². The first-order valence-electron chi connectivity index (χ1n) is 7.40. The Bertz CT molecular complexity index is 140.